The fraction of sp³-hybridized carbons (Fsp3) is 0.500. The van der Waals surface area contributed by atoms with Crippen molar-refractivity contribution in [3.05, 3.63) is 34.9 Å². The minimum atomic E-state index is -0.511. The van der Waals surface area contributed by atoms with E-state index in [9.17, 15) is 5.11 Å². The van der Waals surface area contributed by atoms with Gasteiger partial charge in [-0.2, -0.15) is 0 Å². The monoisotopic (exact) mass is 208 g/mol. The second kappa shape index (κ2) is 2.74. The number of rotatable bonds is 1. The fourth-order valence-electron chi connectivity index (χ4n) is 3.07. The minimum absolute atomic E-state index is 0.511. The summed E-state index contributed by atoms with van der Waals surface area (Å²) in [5.41, 5.74) is 0.541. The van der Waals surface area contributed by atoms with Crippen LogP contribution < -0.4 is 0 Å². The smallest absolute Gasteiger partial charge is 0.0960 e. The Morgan fingerprint density at radius 2 is 1.71 bits per heavy atom. The summed E-state index contributed by atoms with van der Waals surface area (Å²) in [6.07, 6.45) is 3.65. The van der Waals surface area contributed by atoms with Crippen LogP contribution in [0.3, 0.4) is 0 Å². The van der Waals surface area contributed by atoms with Crippen LogP contribution >= 0.6 is 11.6 Å². The molecular formula is C12H13ClO. The van der Waals surface area contributed by atoms with Crippen molar-refractivity contribution in [1.29, 1.82) is 0 Å². The van der Waals surface area contributed by atoms with Gasteiger partial charge in [0, 0.05) is 5.02 Å². The van der Waals surface area contributed by atoms with Crippen molar-refractivity contribution in [2.75, 3.05) is 0 Å². The third kappa shape index (κ3) is 0.999. The summed E-state index contributed by atoms with van der Waals surface area (Å²) in [4.78, 5) is 0. The lowest BCUT2D eigenvalue weighted by Gasteiger charge is -2.14. The summed E-state index contributed by atoms with van der Waals surface area (Å²) in [7, 11) is 0. The van der Waals surface area contributed by atoms with Crippen LogP contribution in [0, 0.1) is 11.8 Å². The van der Waals surface area contributed by atoms with Crippen LogP contribution in [-0.2, 0) is 5.60 Å². The maximum atomic E-state index is 10.4. The second-order valence-corrected chi connectivity index (χ2v) is 4.91. The Kier molecular flexibility index (Phi) is 1.71. The number of fused-ring (bicyclic) bond motifs is 1. The van der Waals surface area contributed by atoms with E-state index in [2.05, 4.69) is 0 Å². The molecule has 0 saturated heterocycles. The van der Waals surface area contributed by atoms with E-state index in [0.29, 0.717) is 11.8 Å². The molecule has 2 aliphatic rings. The molecule has 1 N–H and O–H groups in total. The first-order chi connectivity index (χ1) is 6.73. The lowest BCUT2D eigenvalue weighted by atomic mass is 9.99. The molecule has 2 aliphatic carbocycles. The van der Waals surface area contributed by atoms with Crippen molar-refractivity contribution >= 4 is 11.6 Å². The molecule has 1 aromatic rings. The molecular weight excluding hydrogens is 196 g/mol. The molecule has 0 heterocycles. The second-order valence-electron chi connectivity index (χ2n) is 4.48. The van der Waals surface area contributed by atoms with Crippen LogP contribution in [-0.4, -0.2) is 5.11 Å². The van der Waals surface area contributed by atoms with Crippen molar-refractivity contribution < 1.29 is 5.11 Å². The van der Waals surface area contributed by atoms with Crippen LogP contribution in [0.1, 0.15) is 24.8 Å². The first-order valence-electron chi connectivity index (χ1n) is 5.21. The number of benzene rings is 1. The molecule has 0 spiro atoms. The highest BCUT2D eigenvalue weighted by Gasteiger charge is 2.66. The van der Waals surface area contributed by atoms with Crippen LogP contribution in [0.5, 0.6) is 0 Å². The number of hydrogen-bond acceptors (Lipinski definition) is 1. The van der Waals surface area contributed by atoms with E-state index in [0.717, 1.165) is 10.6 Å². The van der Waals surface area contributed by atoms with E-state index in [1.165, 1.54) is 19.3 Å². The summed E-state index contributed by atoms with van der Waals surface area (Å²) in [5, 5.41) is 11.2. The van der Waals surface area contributed by atoms with Gasteiger partial charge in [0.05, 0.1) is 5.60 Å². The highest BCUT2D eigenvalue weighted by Crippen LogP contribution is 2.66. The summed E-state index contributed by atoms with van der Waals surface area (Å²) in [6, 6.07) is 7.65. The maximum absolute atomic E-state index is 10.4. The van der Waals surface area contributed by atoms with Gasteiger partial charge in [0.25, 0.3) is 0 Å². The van der Waals surface area contributed by atoms with Crippen molar-refractivity contribution in [2.24, 2.45) is 11.8 Å². The van der Waals surface area contributed by atoms with Crippen LogP contribution in [0.15, 0.2) is 24.3 Å². The van der Waals surface area contributed by atoms with Gasteiger partial charge in [-0.3, -0.25) is 0 Å². The van der Waals surface area contributed by atoms with Crippen molar-refractivity contribution in [2.45, 2.75) is 24.9 Å². The highest BCUT2D eigenvalue weighted by atomic mass is 35.5. The van der Waals surface area contributed by atoms with Gasteiger partial charge in [-0.1, -0.05) is 30.2 Å². The molecule has 2 heteroatoms. The standard InChI is InChI=1S/C12H13ClO/c13-9-6-4-8(5-7-9)12(14)10-2-1-3-11(10)12/h4-7,10-11,14H,1-3H2. The summed E-state index contributed by atoms with van der Waals surface area (Å²) >= 11 is 5.82. The third-order valence-corrected chi connectivity index (χ3v) is 4.10. The van der Waals surface area contributed by atoms with Gasteiger partial charge in [-0.15, -0.1) is 0 Å². The molecule has 74 valence electrons. The van der Waals surface area contributed by atoms with Crippen LogP contribution in [0.2, 0.25) is 5.02 Å². The van der Waals surface area contributed by atoms with E-state index < -0.39 is 5.60 Å². The van der Waals surface area contributed by atoms with Crippen molar-refractivity contribution in [3.8, 4) is 0 Å². The third-order valence-electron chi connectivity index (χ3n) is 3.84. The van der Waals surface area contributed by atoms with Gasteiger partial charge in [-0.25, -0.2) is 0 Å². The normalized spacial score (nSPS) is 39.6. The molecule has 0 aromatic heterocycles. The number of halogens is 1. The van der Waals surface area contributed by atoms with Gasteiger partial charge in [0.15, 0.2) is 0 Å². The maximum Gasteiger partial charge on any atom is 0.0960 e. The molecule has 2 fully saturated rings. The van der Waals surface area contributed by atoms with Crippen molar-refractivity contribution in [1.82, 2.24) is 0 Å². The zero-order valence-electron chi connectivity index (χ0n) is 7.91. The molecule has 2 unspecified atom stereocenters. The molecule has 2 saturated carbocycles. The Morgan fingerprint density at radius 3 is 2.29 bits per heavy atom. The lowest BCUT2D eigenvalue weighted by molar-refractivity contribution is 0.105. The molecule has 3 rings (SSSR count). The molecule has 0 radical (unpaired) electrons. The zero-order chi connectivity index (χ0) is 9.76. The minimum Gasteiger partial charge on any atom is -0.385 e. The quantitative estimate of drug-likeness (QED) is 0.753. The van der Waals surface area contributed by atoms with E-state index in [-0.39, 0.29) is 0 Å². The molecule has 2 atom stereocenters. The van der Waals surface area contributed by atoms with Crippen LogP contribution in [0.4, 0.5) is 0 Å². The summed E-state index contributed by atoms with van der Waals surface area (Å²) in [6.45, 7) is 0. The Bertz CT molecular complexity index is 347. The van der Waals surface area contributed by atoms with Gasteiger partial charge >= 0.3 is 0 Å². The van der Waals surface area contributed by atoms with E-state index in [1.54, 1.807) is 0 Å². The van der Waals surface area contributed by atoms with E-state index >= 15 is 0 Å². The topological polar surface area (TPSA) is 20.2 Å². The zero-order valence-corrected chi connectivity index (χ0v) is 8.67. The Balaban J connectivity index is 1.93. The number of hydrogen-bond donors (Lipinski definition) is 1. The van der Waals surface area contributed by atoms with E-state index in [4.69, 9.17) is 11.6 Å². The predicted molar refractivity (Wildman–Crippen MR) is 56.2 cm³/mol. The molecule has 1 aromatic carbocycles. The number of aliphatic hydroxyl groups is 1. The molecule has 14 heavy (non-hydrogen) atoms. The molecule has 1 nitrogen and oxygen atoms in total. The van der Waals surface area contributed by atoms with E-state index in [1.807, 2.05) is 24.3 Å². The van der Waals surface area contributed by atoms with Gasteiger partial charge < -0.3 is 5.11 Å². The average molecular weight is 209 g/mol. The largest absolute Gasteiger partial charge is 0.385 e. The predicted octanol–water partition coefficient (Wildman–Crippen LogP) is 2.96. The first kappa shape index (κ1) is 8.75. The SMILES string of the molecule is OC1(c2ccc(Cl)cc2)C2CCCC21. The lowest BCUT2D eigenvalue weighted by Crippen LogP contribution is -2.12. The average Bonchev–Trinajstić information content (AvgIpc) is 2.63. The molecule has 0 bridgehead atoms. The first-order valence-corrected chi connectivity index (χ1v) is 5.59. The summed E-state index contributed by atoms with van der Waals surface area (Å²) in [5.74, 6) is 1.03. The van der Waals surface area contributed by atoms with Gasteiger partial charge in [-0.05, 0) is 42.4 Å². The Labute approximate surface area is 88.7 Å². The van der Waals surface area contributed by atoms with Crippen LogP contribution in [0.25, 0.3) is 0 Å². The highest BCUT2D eigenvalue weighted by molar-refractivity contribution is 6.30. The summed E-state index contributed by atoms with van der Waals surface area (Å²) < 4.78 is 0. The molecule has 0 amide bonds. The Morgan fingerprint density at radius 1 is 1.14 bits per heavy atom. The molecule has 0 aliphatic heterocycles. The van der Waals surface area contributed by atoms with Gasteiger partial charge in [0.1, 0.15) is 0 Å². The van der Waals surface area contributed by atoms with Gasteiger partial charge in [0.2, 0.25) is 0 Å². The fourth-order valence-corrected chi connectivity index (χ4v) is 3.19. The Hall–Kier alpha value is -0.530. The van der Waals surface area contributed by atoms with Crippen molar-refractivity contribution in [3.63, 3.8) is 0 Å².